The fourth-order valence-electron chi connectivity index (χ4n) is 0.362. The molecule has 3 heteroatoms. The molecular formula is C6H10N2O. The summed E-state index contributed by atoms with van der Waals surface area (Å²) in [5.74, 6) is 0.319. The van der Waals surface area contributed by atoms with Gasteiger partial charge in [0.2, 0.25) is 5.76 Å². The molecule has 0 fully saturated rings. The fraction of sp³-hybridized carbons (Fsp3) is 0.500. The second kappa shape index (κ2) is 3.79. The summed E-state index contributed by atoms with van der Waals surface area (Å²) >= 11 is 0. The molecule has 0 bridgehead atoms. The molecule has 3 nitrogen and oxygen atoms in total. The molecule has 50 valence electrons. The van der Waals surface area contributed by atoms with Gasteiger partial charge in [-0.2, -0.15) is 5.26 Å². The molecule has 0 atom stereocenters. The standard InChI is InChI=1S/C6H10N2O/c1-8(2)5-6(4-7)9-3/h5H,1-3H3. The zero-order valence-electron chi connectivity index (χ0n) is 5.88. The first kappa shape index (κ1) is 7.83. The molecule has 0 heterocycles. The Kier molecular flexibility index (Phi) is 3.29. The lowest BCUT2D eigenvalue weighted by Gasteiger charge is -2.03. The molecule has 0 N–H and O–H groups in total. The van der Waals surface area contributed by atoms with Gasteiger partial charge in [0.05, 0.1) is 13.3 Å². The summed E-state index contributed by atoms with van der Waals surface area (Å²) in [6.07, 6.45) is 1.61. The Morgan fingerprint density at radius 2 is 2.22 bits per heavy atom. The van der Waals surface area contributed by atoms with Gasteiger partial charge in [0.25, 0.3) is 0 Å². The van der Waals surface area contributed by atoms with Crippen molar-refractivity contribution >= 4 is 0 Å². The van der Waals surface area contributed by atoms with E-state index in [1.54, 1.807) is 11.1 Å². The smallest absolute Gasteiger partial charge is 0.212 e. The van der Waals surface area contributed by atoms with E-state index < -0.39 is 0 Å². The van der Waals surface area contributed by atoms with Crippen LogP contribution in [0.3, 0.4) is 0 Å². The highest BCUT2D eigenvalue weighted by atomic mass is 16.5. The molecule has 0 spiro atoms. The summed E-state index contributed by atoms with van der Waals surface area (Å²) in [5, 5.41) is 8.30. The molecule has 0 aliphatic rings. The van der Waals surface area contributed by atoms with Crippen molar-refractivity contribution in [2.24, 2.45) is 0 Å². The second-order valence-electron chi connectivity index (χ2n) is 1.77. The van der Waals surface area contributed by atoms with Gasteiger partial charge in [-0.25, -0.2) is 0 Å². The number of ether oxygens (including phenoxy) is 1. The molecule has 9 heavy (non-hydrogen) atoms. The largest absolute Gasteiger partial charge is 0.486 e. The summed E-state index contributed by atoms with van der Waals surface area (Å²) in [5.41, 5.74) is 0. The zero-order valence-corrected chi connectivity index (χ0v) is 5.88. The summed E-state index contributed by atoms with van der Waals surface area (Å²) in [4.78, 5) is 1.75. The van der Waals surface area contributed by atoms with Gasteiger partial charge in [-0.1, -0.05) is 0 Å². The van der Waals surface area contributed by atoms with Crippen LogP contribution in [0, 0.1) is 11.3 Å². The minimum atomic E-state index is 0.319. The van der Waals surface area contributed by atoms with Crippen LogP contribution in [0.4, 0.5) is 0 Å². The first-order chi connectivity index (χ1) is 4.20. The molecule has 0 unspecified atom stereocenters. The molecule has 0 amide bonds. The average molecular weight is 126 g/mol. The Morgan fingerprint density at radius 1 is 1.67 bits per heavy atom. The van der Waals surface area contributed by atoms with Gasteiger partial charge in [0, 0.05) is 14.1 Å². The lowest BCUT2D eigenvalue weighted by molar-refractivity contribution is 0.300. The van der Waals surface area contributed by atoms with Crippen LogP contribution in [0.25, 0.3) is 0 Å². The molecular weight excluding hydrogens is 116 g/mol. The van der Waals surface area contributed by atoms with E-state index in [2.05, 4.69) is 4.74 Å². The van der Waals surface area contributed by atoms with Crippen molar-refractivity contribution in [3.05, 3.63) is 12.0 Å². The van der Waals surface area contributed by atoms with Gasteiger partial charge in [-0.05, 0) is 0 Å². The van der Waals surface area contributed by atoms with Gasteiger partial charge in [0.1, 0.15) is 6.07 Å². The van der Waals surface area contributed by atoms with E-state index in [9.17, 15) is 0 Å². The van der Waals surface area contributed by atoms with Crippen LogP contribution in [0.5, 0.6) is 0 Å². The Balaban J connectivity index is 3.96. The normalized spacial score (nSPS) is 10.2. The van der Waals surface area contributed by atoms with Crippen LogP contribution in [0.15, 0.2) is 12.0 Å². The van der Waals surface area contributed by atoms with E-state index in [0.29, 0.717) is 5.76 Å². The third-order valence-electron chi connectivity index (χ3n) is 0.706. The van der Waals surface area contributed by atoms with Crippen molar-refractivity contribution in [3.8, 4) is 6.07 Å². The molecule has 0 aromatic heterocycles. The number of nitrogens with zero attached hydrogens (tertiary/aromatic N) is 2. The Hall–Kier alpha value is -1.17. The van der Waals surface area contributed by atoms with Crippen LogP contribution < -0.4 is 0 Å². The van der Waals surface area contributed by atoms with Crippen LogP contribution >= 0.6 is 0 Å². The fourth-order valence-corrected chi connectivity index (χ4v) is 0.362. The monoisotopic (exact) mass is 126 g/mol. The van der Waals surface area contributed by atoms with Crippen molar-refractivity contribution in [3.63, 3.8) is 0 Å². The quantitative estimate of drug-likeness (QED) is 0.400. The van der Waals surface area contributed by atoms with E-state index in [0.717, 1.165) is 0 Å². The average Bonchev–Trinajstić information content (AvgIpc) is 1.82. The van der Waals surface area contributed by atoms with E-state index in [1.807, 2.05) is 20.2 Å². The summed E-state index contributed by atoms with van der Waals surface area (Å²) < 4.78 is 4.67. The number of hydrogen-bond donors (Lipinski definition) is 0. The van der Waals surface area contributed by atoms with E-state index in [1.165, 1.54) is 7.11 Å². The summed E-state index contributed by atoms with van der Waals surface area (Å²) in [7, 11) is 5.13. The number of hydrogen-bond acceptors (Lipinski definition) is 3. The van der Waals surface area contributed by atoms with Crippen molar-refractivity contribution < 1.29 is 4.74 Å². The zero-order chi connectivity index (χ0) is 7.28. The van der Waals surface area contributed by atoms with Crippen LogP contribution in [-0.2, 0) is 4.74 Å². The molecule has 0 saturated heterocycles. The Labute approximate surface area is 55.1 Å². The van der Waals surface area contributed by atoms with Crippen molar-refractivity contribution in [1.29, 1.82) is 5.26 Å². The highest BCUT2D eigenvalue weighted by Gasteiger charge is 1.89. The highest BCUT2D eigenvalue weighted by Crippen LogP contribution is 1.91. The highest BCUT2D eigenvalue weighted by molar-refractivity contribution is 5.11. The Bertz CT molecular complexity index is 144. The van der Waals surface area contributed by atoms with Gasteiger partial charge < -0.3 is 9.64 Å². The molecule has 0 aliphatic carbocycles. The third kappa shape index (κ3) is 3.42. The molecule has 0 aromatic rings. The molecule has 0 saturated carbocycles. The van der Waals surface area contributed by atoms with Gasteiger partial charge in [0.15, 0.2) is 0 Å². The van der Waals surface area contributed by atoms with E-state index in [-0.39, 0.29) is 0 Å². The maximum absolute atomic E-state index is 8.30. The molecule has 0 rings (SSSR count). The van der Waals surface area contributed by atoms with E-state index in [4.69, 9.17) is 5.26 Å². The first-order valence-corrected chi connectivity index (χ1v) is 2.53. The van der Waals surface area contributed by atoms with Gasteiger partial charge in [-0.15, -0.1) is 0 Å². The summed E-state index contributed by atoms with van der Waals surface area (Å²) in [6, 6.07) is 1.88. The predicted molar refractivity (Wildman–Crippen MR) is 34.4 cm³/mol. The number of methoxy groups -OCH3 is 1. The SMILES string of the molecule is COC(C#N)=CN(C)C. The molecule has 0 aliphatic heterocycles. The van der Waals surface area contributed by atoms with Crippen LogP contribution in [0.2, 0.25) is 0 Å². The van der Waals surface area contributed by atoms with Crippen LogP contribution in [0.1, 0.15) is 0 Å². The van der Waals surface area contributed by atoms with Crippen molar-refractivity contribution in [2.45, 2.75) is 0 Å². The van der Waals surface area contributed by atoms with E-state index >= 15 is 0 Å². The number of nitriles is 1. The maximum atomic E-state index is 8.30. The lowest BCUT2D eigenvalue weighted by atomic mass is 10.6. The van der Waals surface area contributed by atoms with Gasteiger partial charge >= 0.3 is 0 Å². The number of allylic oxidation sites excluding steroid dienone is 1. The Morgan fingerprint density at radius 3 is 2.33 bits per heavy atom. The molecule has 0 radical (unpaired) electrons. The van der Waals surface area contributed by atoms with Crippen molar-refractivity contribution in [1.82, 2.24) is 4.90 Å². The minimum Gasteiger partial charge on any atom is -0.486 e. The first-order valence-electron chi connectivity index (χ1n) is 2.53. The van der Waals surface area contributed by atoms with Crippen LogP contribution in [-0.4, -0.2) is 26.1 Å². The minimum absolute atomic E-state index is 0.319. The predicted octanol–water partition coefficient (Wildman–Crippen LogP) is 0.559. The second-order valence-corrected chi connectivity index (χ2v) is 1.77. The number of rotatable bonds is 2. The van der Waals surface area contributed by atoms with Gasteiger partial charge in [-0.3, -0.25) is 0 Å². The topological polar surface area (TPSA) is 36.3 Å². The lowest BCUT2D eigenvalue weighted by Crippen LogP contribution is -2.02. The third-order valence-corrected chi connectivity index (χ3v) is 0.706. The summed E-state index contributed by atoms with van der Waals surface area (Å²) in [6.45, 7) is 0. The maximum Gasteiger partial charge on any atom is 0.212 e. The molecule has 0 aromatic carbocycles. The van der Waals surface area contributed by atoms with Crippen molar-refractivity contribution in [2.75, 3.05) is 21.2 Å².